The second-order valence-corrected chi connectivity index (χ2v) is 6.58. The van der Waals surface area contributed by atoms with Gasteiger partial charge in [-0.05, 0) is 60.1 Å². The predicted octanol–water partition coefficient (Wildman–Crippen LogP) is 3.97. The summed E-state index contributed by atoms with van der Waals surface area (Å²) < 4.78 is 18.2. The first kappa shape index (κ1) is 17.6. The van der Waals surface area contributed by atoms with Gasteiger partial charge in [0.15, 0.2) is 5.88 Å². The summed E-state index contributed by atoms with van der Waals surface area (Å²) in [5, 5.41) is 3.29. The number of benzene rings is 1. The van der Waals surface area contributed by atoms with Crippen molar-refractivity contribution >= 4 is 22.6 Å². The lowest BCUT2D eigenvalue weighted by atomic mass is 10.0. The Balaban J connectivity index is 2.10. The van der Waals surface area contributed by atoms with Crippen molar-refractivity contribution in [3.05, 3.63) is 45.9 Å². The van der Waals surface area contributed by atoms with Gasteiger partial charge in [0, 0.05) is 16.7 Å². The number of hydrogen-bond acceptors (Lipinski definition) is 4. The predicted molar refractivity (Wildman–Crippen MR) is 95.3 cm³/mol. The van der Waals surface area contributed by atoms with Gasteiger partial charge in [-0.2, -0.15) is 0 Å². The molecule has 1 saturated carbocycles. The molecule has 1 aromatic carbocycles. The first-order valence-electron chi connectivity index (χ1n) is 7.62. The largest absolute Gasteiger partial charge is 0.473 e. The van der Waals surface area contributed by atoms with Crippen LogP contribution in [0.2, 0.25) is 0 Å². The van der Waals surface area contributed by atoms with Gasteiger partial charge in [0.2, 0.25) is 0 Å². The summed E-state index contributed by atoms with van der Waals surface area (Å²) in [5.41, 5.74) is 1.12. The first-order valence-corrected chi connectivity index (χ1v) is 8.70. The van der Waals surface area contributed by atoms with Crippen molar-refractivity contribution in [2.45, 2.75) is 44.4 Å². The summed E-state index contributed by atoms with van der Waals surface area (Å²) in [5.74, 6) is 0.631. The molecule has 0 saturated heterocycles. The van der Waals surface area contributed by atoms with Crippen LogP contribution >= 0.6 is 22.6 Å². The van der Waals surface area contributed by atoms with Crippen LogP contribution in [-0.4, -0.2) is 26.0 Å². The lowest BCUT2D eigenvalue weighted by Crippen LogP contribution is -2.29. The Morgan fingerprint density at radius 2 is 2.14 bits per heavy atom. The van der Waals surface area contributed by atoms with Crippen molar-refractivity contribution in [1.29, 1.82) is 0 Å². The Kier molecular flexibility index (Phi) is 6.98. The van der Waals surface area contributed by atoms with E-state index in [0.717, 1.165) is 15.6 Å². The van der Waals surface area contributed by atoms with Gasteiger partial charge in [0.1, 0.15) is 19.0 Å². The van der Waals surface area contributed by atoms with Gasteiger partial charge in [-0.3, -0.25) is 0 Å². The summed E-state index contributed by atoms with van der Waals surface area (Å²) >= 11 is 2.33. The maximum Gasteiger partial charge on any atom is 0.179 e. The van der Waals surface area contributed by atoms with E-state index in [1.54, 1.807) is 7.11 Å². The molecule has 0 heterocycles. The molecule has 0 amide bonds. The summed E-state index contributed by atoms with van der Waals surface area (Å²) in [6, 6.07) is 8.72. The van der Waals surface area contributed by atoms with Gasteiger partial charge < -0.3 is 19.5 Å². The molecular formula is C17H24INO3. The first-order chi connectivity index (χ1) is 10.7. The molecule has 5 heteroatoms. The van der Waals surface area contributed by atoms with Crippen LogP contribution in [0, 0.1) is 3.57 Å². The molecule has 4 nitrogen and oxygen atoms in total. The van der Waals surface area contributed by atoms with Crippen molar-refractivity contribution in [3.63, 3.8) is 0 Å². The molecule has 0 aliphatic heterocycles. The summed E-state index contributed by atoms with van der Waals surface area (Å²) in [4.78, 5) is 0. The van der Waals surface area contributed by atoms with E-state index in [2.05, 4.69) is 53.5 Å². The average Bonchev–Trinajstić information content (AvgIpc) is 3.31. The molecule has 0 spiro atoms. The molecule has 1 aliphatic carbocycles. The quantitative estimate of drug-likeness (QED) is 0.355. The number of halogens is 1. The van der Waals surface area contributed by atoms with Gasteiger partial charge in [-0.25, -0.2) is 0 Å². The third-order valence-electron chi connectivity index (χ3n) is 3.55. The molecule has 1 aliphatic rings. The molecule has 1 N–H and O–H groups in total. The highest BCUT2D eigenvalue weighted by molar-refractivity contribution is 14.1. The zero-order valence-electron chi connectivity index (χ0n) is 13.2. The Hall–Kier alpha value is -0.790. The van der Waals surface area contributed by atoms with E-state index >= 15 is 0 Å². The number of methoxy groups -OCH3 is 1. The Morgan fingerprint density at radius 1 is 1.41 bits per heavy atom. The molecule has 1 fully saturated rings. The fraction of sp³-hybridized carbons (Fsp3) is 0.529. The Morgan fingerprint density at radius 3 is 2.73 bits per heavy atom. The molecular weight excluding hydrogens is 393 g/mol. The van der Waals surface area contributed by atoms with E-state index in [0.29, 0.717) is 11.9 Å². The van der Waals surface area contributed by atoms with E-state index < -0.39 is 0 Å². The van der Waals surface area contributed by atoms with Crippen LogP contribution < -0.4 is 5.32 Å². The number of ether oxygens (including phenoxy) is 3. The zero-order valence-corrected chi connectivity index (χ0v) is 15.3. The lowest BCUT2D eigenvalue weighted by molar-refractivity contribution is -0.122. The van der Waals surface area contributed by atoms with Crippen LogP contribution in [0.25, 0.3) is 0 Å². The normalized spacial score (nSPS) is 16.9. The minimum Gasteiger partial charge on any atom is -0.473 e. The molecule has 0 aromatic heterocycles. The highest BCUT2D eigenvalue weighted by Crippen LogP contribution is 2.30. The fourth-order valence-electron chi connectivity index (χ4n) is 2.28. The van der Waals surface area contributed by atoms with Crippen LogP contribution in [0.5, 0.6) is 0 Å². The summed E-state index contributed by atoms with van der Waals surface area (Å²) in [7, 11) is 1.63. The highest BCUT2D eigenvalue weighted by Gasteiger charge is 2.28. The number of nitrogens with one attached hydrogen (secondary N) is 1. The average molecular weight is 417 g/mol. The smallest absolute Gasteiger partial charge is 0.179 e. The molecule has 0 radical (unpaired) electrons. The number of hydrogen-bond donors (Lipinski definition) is 1. The van der Waals surface area contributed by atoms with E-state index in [-0.39, 0.29) is 19.0 Å². The molecule has 1 aromatic rings. The highest BCUT2D eigenvalue weighted by atomic mass is 127. The van der Waals surface area contributed by atoms with Crippen LogP contribution in [0.15, 0.2) is 36.7 Å². The van der Waals surface area contributed by atoms with Crippen molar-refractivity contribution in [3.8, 4) is 0 Å². The third-order valence-corrected chi connectivity index (χ3v) is 4.54. The lowest BCUT2D eigenvalue weighted by Gasteiger charge is -2.29. The van der Waals surface area contributed by atoms with Gasteiger partial charge in [-0.1, -0.05) is 25.1 Å². The van der Waals surface area contributed by atoms with Gasteiger partial charge in [0.25, 0.3) is 0 Å². The minimum absolute atomic E-state index is 0.107. The maximum absolute atomic E-state index is 6.03. The van der Waals surface area contributed by atoms with Crippen molar-refractivity contribution < 1.29 is 14.2 Å². The van der Waals surface area contributed by atoms with Crippen LogP contribution in [0.3, 0.4) is 0 Å². The topological polar surface area (TPSA) is 39.7 Å². The molecule has 2 atom stereocenters. The standard InChI is InChI=1S/C17H24INO3/c1-4-16(22-12(2)19-13-9-10-13)17(21-11-20-3)14-7-5-6-8-15(14)18/h5-8,13,16-17,19H,2,4,9-11H2,1,3H3/t16-,17-/m0/s1. The molecule has 2 rings (SSSR count). The Bertz CT molecular complexity index is 491. The molecule has 22 heavy (non-hydrogen) atoms. The van der Waals surface area contributed by atoms with Crippen LogP contribution in [0.1, 0.15) is 37.9 Å². The second-order valence-electron chi connectivity index (χ2n) is 5.42. The Labute approximate surface area is 146 Å². The van der Waals surface area contributed by atoms with Crippen LogP contribution in [0.4, 0.5) is 0 Å². The van der Waals surface area contributed by atoms with Crippen LogP contribution in [-0.2, 0) is 14.2 Å². The second kappa shape index (κ2) is 8.74. The molecule has 122 valence electrons. The van der Waals surface area contributed by atoms with E-state index in [1.807, 2.05) is 12.1 Å². The van der Waals surface area contributed by atoms with Crippen molar-refractivity contribution in [2.75, 3.05) is 13.9 Å². The van der Waals surface area contributed by atoms with Crippen molar-refractivity contribution in [1.82, 2.24) is 5.32 Å². The van der Waals surface area contributed by atoms with E-state index in [1.165, 1.54) is 12.8 Å². The summed E-state index contributed by atoms with van der Waals surface area (Å²) in [6.45, 7) is 6.30. The minimum atomic E-state index is -0.184. The maximum atomic E-state index is 6.03. The fourth-order valence-corrected chi connectivity index (χ4v) is 2.97. The van der Waals surface area contributed by atoms with Gasteiger partial charge >= 0.3 is 0 Å². The molecule has 0 unspecified atom stereocenters. The SMILES string of the molecule is C=C(NC1CC1)O[C@@H](CC)[C@@H](OCOC)c1ccccc1I. The zero-order chi connectivity index (χ0) is 15.9. The summed E-state index contributed by atoms with van der Waals surface area (Å²) in [6.07, 6.45) is 2.92. The van der Waals surface area contributed by atoms with Crippen molar-refractivity contribution in [2.24, 2.45) is 0 Å². The van der Waals surface area contributed by atoms with Gasteiger partial charge in [0.05, 0.1) is 0 Å². The third kappa shape index (κ3) is 5.14. The van der Waals surface area contributed by atoms with E-state index in [9.17, 15) is 0 Å². The number of rotatable bonds is 10. The van der Waals surface area contributed by atoms with E-state index in [4.69, 9.17) is 14.2 Å². The molecule has 0 bridgehead atoms. The monoisotopic (exact) mass is 417 g/mol. The van der Waals surface area contributed by atoms with Gasteiger partial charge in [-0.15, -0.1) is 0 Å².